The Morgan fingerprint density at radius 1 is 1.14 bits per heavy atom. The molecule has 1 amide bonds. The number of hydrogen-bond donors (Lipinski definition) is 1. The van der Waals surface area contributed by atoms with E-state index in [0.29, 0.717) is 12.1 Å². The van der Waals surface area contributed by atoms with Crippen LogP contribution in [-0.2, 0) is 10.2 Å². The molecule has 0 spiro atoms. The highest BCUT2D eigenvalue weighted by atomic mass is 16.5. The number of ether oxygens (including phenoxy) is 1. The maximum absolute atomic E-state index is 12.3. The first-order valence-electron chi connectivity index (χ1n) is 7.62. The molecule has 0 aliphatic carbocycles. The van der Waals surface area contributed by atoms with Crippen LogP contribution < -0.4 is 5.32 Å². The first-order valence-corrected chi connectivity index (χ1v) is 7.62. The maximum Gasteiger partial charge on any atom is 0.252 e. The van der Waals surface area contributed by atoms with Gasteiger partial charge in [-0.3, -0.25) is 9.78 Å². The molecule has 0 bridgehead atoms. The zero-order valence-corrected chi connectivity index (χ0v) is 12.5. The van der Waals surface area contributed by atoms with Crippen molar-refractivity contribution in [2.75, 3.05) is 19.8 Å². The van der Waals surface area contributed by atoms with E-state index in [1.165, 1.54) is 5.56 Å². The molecule has 1 aromatic heterocycles. The molecular formula is C18H20N2O2. The molecular weight excluding hydrogens is 276 g/mol. The summed E-state index contributed by atoms with van der Waals surface area (Å²) >= 11 is 0. The smallest absolute Gasteiger partial charge is 0.252 e. The molecule has 0 unspecified atom stereocenters. The fourth-order valence-corrected chi connectivity index (χ4v) is 2.97. The molecule has 2 heterocycles. The Kier molecular flexibility index (Phi) is 4.49. The molecule has 22 heavy (non-hydrogen) atoms. The van der Waals surface area contributed by atoms with Crippen LogP contribution in [-0.4, -0.2) is 30.6 Å². The predicted octanol–water partition coefficient (Wildman–Crippen LogP) is 2.56. The Labute approximate surface area is 130 Å². The zero-order chi connectivity index (χ0) is 15.3. The molecule has 0 saturated carbocycles. The van der Waals surface area contributed by atoms with E-state index in [1.807, 2.05) is 6.07 Å². The lowest BCUT2D eigenvalue weighted by Gasteiger charge is -2.38. The Bertz CT molecular complexity index is 607. The van der Waals surface area contributed by atoms with E-state index < -0.39 is 0 Å². The molecule has 3 rings (SSSR count). The van der Waals surface area contributed by atoms with E-state index in [0.717, 1.165) is 26.1 Å². The third-order valence-corrected chi connectivity index (χ3v) is 4.35. The number of nitrogens with one attached hydrogen (secondary N) is 1. The minimum Gasteiger partial charge on any atom is -0.381 e. The van der Waals surface area contributed by atoms with E-state index in [-0.39, 0.29) is 11.3 Å². The van der Waals surface area contributed by atoms with Crippen LogP contribution in [0.5, 0.6) is 0 Å². The first kappa shape index (κ1) is 14.7. The van der Waals surface area contributed by atoms with E-state index in [2.05, 4.69) is 34.6 Å². The number of rotatable bonds is 4. The van der Waals surface area contributed by atoms with Crippen LogP contribution in [0.15, 0.2) is 54.9 Å². The number of benzene rings is 1. The van der Waals surface area contributed by atoms with Crippen molar-refractivity contribution in [2.45, 2.75) is 18.3 Å². The Balaban J connectivity index is 1.75. The van der Waals surface area contributed by atoms with Crippen LogP contribution in [0, 0.1) is 0 Å². The summed E-state index contributed by atoms with van der Waals surface area (Å²) in [4.78, 5) is 16.3. The van der Waals surface area contributed by atoms with Crippen molar-refractivity contribution >= 4 is 5.91 Å². The minimum absolute atomic E-state index is 0.0443. The number of nitrogens with zero attached hydrogens (tertiary/aromatic N) is 1. The van der Waals surface area contributed by atoms with Crippen molar-refractivity contribution in [3.63, 3.8) is 0 Å². The SMILES string of the molecule is O=C(NCC1(c2ccccc2)CCOCC1)c1cccnc1. The number of carbonyl (C=O) groups excluding carboxylic acids is 1. The van der Waals surface area contributed by atoms with Gasteiger partial charge in [-0.1, -0.05) is 30.3 Å². The number of aromatic nitrogens is 1. The lowest BCUT2D eigenvalue weighted by Crippen LogP contribution is -2.44. The van der Waals surface area contributed by atoms with Crippen LogP contribution in [0.2, 0.25) is 0 Å². The monoisotopic (exact) mass is 296 g/mol. The number of pyridine rings is 1. The third kappa shape index (κ3) is 3.17. The van der Waals surface area contributed by atoms with E-state index >= 15 is 0 Å². The average molecular weight is 296 g/mol. The fourth-order valence-electron chi connectivity index (χ4n) is 2.97. The van der Waals surface area contributed by atoms with Crippen molar-refractivity contribution in [3.05, 3.63) is 66.0 Å². The minimum atomic E-state index is -0.0742. The summed E-state index contributed by atoms with van der Waals surface area (Å²) in [5.74, 6) is -0.0742. The second-order valence-electron chi connectivity index (χ2n) is 5.68. The summed E-state index contributed by atoms with van der Waals surface area (Å²) in [6, 6.07) is 14.0. The molecule has 1 N–H and O–H groups in total. The molecule has 0 atom stereocenters. The lowest BCUT2D eigenvalue weighted by atomic mass is 9.74. The summed E-state index contributed by atoms with van der Waals surface area (Å²) in [6.07, 6.45) is 5.10. The topological polar surface area (TPSA) is 51.2 Å². The van der Waals surface area contributed by atoms with Gasteiger partial charge in [-0.2, -0.15) is 0 Å². The molecule has 1 aliphatic rings. The van der Waals surface area contributed by atoms with Crippen LogP contribution >= 0.6 is 0 Å². The van der Waals surface area contributed by atoms with Crippen LogP contribution in [0.3, 0.4) is 0 Å². The Morgan fingerprint density at radius 3 is 2.59 bits per heavy atom. The normalized spacial score (nSPS) is 16.9. The molecule has 2 aromatic rings. The van der Waals surface area contributed by atoms with Gasteiger partial charge in [-0.15, -0.1) is 0 Å². The van der Waals surface area contributed by atoms with E-state index in [1.54, 1.807) is 24.5 Å². The van der Waals surface area contributed by atoms with Gasteiger partial charge in [-0.05, 0) is 30.5 Å². The quantitative estimate of drug-likeness (QED) is 0.943. The van der Waals surface area contributed by atoms with E-state index in [9.17, 15) is 4.79 Å². The van der Waals surface area contributed by atoms with Crippen molar-refractivity contribution < 1.29 is 9.53 Å². The standard InChI is InChI=1S/C18H20N2O2/c21-17(15-5-4-10-19-13-15)20-14-18(8-11-22-12-9-18)16-6-2-1-3-7-16/h1-7,10,13H,8-9,11-12,14H2,(H,20,21). The molecule has 4 heteroatoms. The molecule has 1 saturated heterocycles. The van der Waals surface area contributed by atoms with Gasteiger partial charge in [0.05, 0.1) is 5.56 Å². The van der Waals surface area contributed by atoms with Gasteiger partial charge in [0.1, 0.15) is 0 Å². The highest BCUT2D eigenvalue weighted by molar-refractivity contribution is 5.93. The summed E-state index contributed by atoms with van der Waals surface area (Å²) < 4.78 is 5.51. The summed E-state index contributed by atoms with van der Waals surface area (Å²) in [7, 11) is 0. The molecule has 1 fully saturated rings. The lowest BCUT2D eigenvalue weighted by molar-refractivity contribution is 0.0487. The Hall–Kier alpha value is -2.20. The number of carbonyl (C=O) groups is 1. The summed E-state index contributed by atoms with van der Waals surface area (Å²) in [5, 5.41) is 3.07. The number of amides is 1. The zero-order valence-electron chi connectivity index (χ0n) is 12.5. The highest BCUT2D eigenvalue weighted by Crippen LogP contribution is 2.34. The van der Waals surface area contributed by atoms with Crippen LogP contribution in [0.1, 0.15) is 28.8 Å². The van der Waals surface area contributed by atoms with Crippen molar-refractivity contribution in [3.8, 4) is 0 Å². The van der Waals surface area contributed by atoms with Crippen LogP contribution in [0.4, 0.5) is 0 Å². The van der Waals surface area contributed by atoms with Gasteiger partial charge >= 0.3 is 0 Å². The molecule has 0 radical (unpaired) electrons. The fraction of sp³-hybridized carbons (Fsp3) is 0.333. The van der Waals surface area contributed by atoms with E-state index in [4.69, 9.17) is 4.74 Å². The Morgan fingerprint density at radius 2 is 1.91 bits per heavy atom. The summed E-state index contributed by atoms with van der Waals surface area (Å²) in [6.45, 7) is 2.09. The first-order chi connectivity index (χ1) is 10.8. The van der Waals surface area contributed by atoms with Gasteiger partial charge in [0.15, 0.2) is 0 Å². The van der Waals surface area contributed by atoms with Crippen LogP contribution in [0.25, 0.3) is 0 Å². The number of hydrogen-bond acceptors (Lipinski definition) is 3. The van der Waals surface area contributed by atoms with Gasteiger partial charge < -0.3 is 10.1 Å². The van der Waals surface area contributed by atoms with Crippen molar-refractivity contribution in [2.24, 2.45) is 0 Å². The van der Waals surface area contributed by atoms with Gasteiger partial charge in [0.25, 0.3) is 5.91 Å². The second-order valence-corrected chi connectivity index (χ2v) is 5.68. The largest absolute Gasteiger partial charge is 0.381 e. The van der Waals surface area contributed by atoms with Crippen molar-refractivity contribution in [1.82, 2.24) is 10.3 Å². The third-order valence-electron chi connectivity index (χ3n) is 4.35. The second kappa shape index (κ2) is 6.71. The highest BCUT2D eigenvalue weighted by Gasteiger charge is 2.34. The molecule has 4 nitrogen and oxygen atoms in total. The summed E-state index contributed by atoms with van der Waals surface area (Å²) in [5.41, 5.74) is 1.82. The molecule has 1 aliphatic heterocycles. The molecule has 114 valence electrons. The predicted molar refractivity (Wildman–Crippen MR) is 84.7 cm³/mol. The van der Waals surface area contributed by atoms with Crippen molar-refractivity contribution in [1.29, 1.82) is 0 Å². The van der Waals surface area contributed by atoms with Gasteiger partial charge in [0, 0.05) is 37.6 Å². The van der Waals surface area contributed by atoms with Gasteiger partial charge in [0.2, 0.25) is 0 Å². The average Bonchev–Trinajstić information content (AvgIpc) is 2.62. The molecule has 1 aromatic carbocycles. The maximum atomic E-state index is 12.3. The van der Waals surface area contributed by atoms with Gasteiger partial charge in [-0.25, -0.2) is 0 Å².